The second-order valence-corrected chi connectivity index (χ2v) is 4.16. The number of hydrogen-bond donors (Lipinski definition) is 1. The lowest BCUT2D eigenvalue weighted by atomic mass is 10.3. The van der Waals surface area contributed by atoms with Gasteiger partial charge >= 0.3 is 0 Å². The quantitative estimate of drug-likeness (QED) is 0.848. The van der Waals surface area contributed by atoms with Crippen LogP contribution in [0.3, 0.4) is 0 Å². The molecule has 108 valence electrons. The zero-order valence-corrected chi connectivity index (χ0v) is 10.6. The first-order chi connectivity index (χ1) is 9.63. The van der Waals surface area contributed by atoms with Crippen LogP contribution in [0.25, 0.3) is 0 Å². The molecule has 0 aliphatic rings. The molecule has 0 aliphatic carbocycles. The molecule has 0 spiro atoms. The summed E-state index contributed by atoms with van der Waals surface area (Å²) in [6.45, 7) is 0.137. The lowest BCUT2D eigenvalue weighted by molar-refractivity contribution is 0.000782. The highest BCUT2D eigenvalue weighted by molar-refractivity contribution is 5.23. The molecule has 0 amide bonds. The van der Waals surface area contributed by atoms with Gasteiger partial charge in [0.25, 0.3) is 0 Å². The van der Waals surface area contributed by atoms with Crippen molar-refractivity contribution in [3.63, 3.8) is 0 Å². The summed E-state index contributed by atoms with van der Waals surface area (Å²) in [5, 5.41) is 9.61. The Morgan fingerprint density at radius 3 is 2.55 bits per heavy atom. The van der Waals surface area contributed by atoms with Crippen molar-refractivity contribution in [1.29, 1.82) is 0 Å². The average molecular weight is 284 g/mol. The number of rotatable bonds is 7. The summed E-state index contributed by atoms with van der Waals surface area (Å²) in [5.74, 6) is -0.801. The molecule has 6 heteroatoms. The second-order valence-electron chi connectivity index (χ2n) is 4.16. The first kappa shape index (κ1) is 14.5. The Labute approximate surface area is 114 Å². The first-order valence-corrected chi connectivity index (χ1v) is 6.00. The molecular weight excluding hydrogens is 270 g/mol. The van der Waals surface area contributed by atoms with Crippen LogP contribution in [-0.4, -0.2) is 24.4 Å². The predicted octanol–water partition coefficient (Wildman–Crippen LogP) is 2.51. The van der Waals surface area contributed by atoms with Gasteiger partial charge in [0.15, 0.2) is 0 Å². The van der Waals surface area contributed by atoms with Crippen LogP contribution in [0.15, 0.2) is 41.0 Å². The summed E-state index contributed by atoms with van der Waals surface area (Å²) in [7, 11) is 0. The molecule has 0 bridgehead atoms. The van der Waals surface area contributed by atoms with Crippen LogP contribution < -0.4 is 4.74 Å². The minimum absolute atomic E-state index is 0.0209. The lowest BCUT2D eigenvalue weighted by Gasteiger charge is -2.12. The van der Waals surface area contributed by atoms with Crippen molar-refractivity contribution in [2.24, 2.45) is 0 Å². The van der Waals surface area contributed by atoms with Gasteiger partial charge in [0, 0.05) is 18.2 Å². The molecule has 1 aromatic carbocycles. The molecule has 1 N–H and O–H groups in total. The standard InChI is InChI=1S/C14H14F2O4/c15-10-4-11(16)6-14(5-10)20-8-12(17)7-18-9-13-2-1-3-19-13/h1-6,12,17H,7-9H2. The van der Waals surface area contributed by atoms with E-state index in [0.29, 0.717) is 5.76 Å². The number of benzene rings is 1. The number of aliphatic hydroxyl groups excluding tert-OH is 1. The average Bonchev–Trinajstić information content (AvgIpc) is 2.88. The topological polar surface area (TPSA) is 51.8 Å². The molecule has 0 saturated heterocycles. The number of furan rings is 1. The number of ether oxygens (including phenoxy) is 2. The molecule has 1 atom stereocenters. The third-order valence-electron chi connectivity index (χ3n) is 2.41. The fraction of sp³-hybridized carbons (Fsp3) is 0.286. The fourth-order valence-electron chi connectivity index (χ4n) is 1.54. The van der Waals surface area contributed by atoms with Crippen molar-refractivity contribution in [2.75, 3.05) is 13.2 Å². The normalized spacial score (nSPS) is 12.3. The van der Waals surface area contributed by atoms with Crippen molar-refractivity contribution < 1.29 is 27.8 Å². The van der Waals surface area contributed by atoms with E-state index in [1.54, 1.807) is 12.1 Å². The van der Waals surface area contributed by atoms with Gasteiger partial charge < -0.3 is 19.0 Å². The van der Waals surface area contributed by atoms with Crippen LogP contribution in [0, 0.1) is 11.6 Å². The lowest BCUT2D eigenvalue weighted by Crippen LogP contribution is -2.23. The first-order valence-electron chi connectivity index (χ1n) is 6.00. The third-order valence-corrected chi connectivity index (χ3v) is 2.41. The zero-order valence-electron chi connectivity index (χ0n) is 10.6. The highest BCUT2D eigenvalue weighted by Crippen LogP contribution is 2.15. The molecular formula is C14H14F2O4. The van der Waals surface area contributed by atoms with E-state index >= 15 is 0 Å². The van der Waals surface area contributed by atoms with E-state index in [2.05, 4.69) is 0 Å². The van der Waals surface area contributed by atoms with Crippen molar-refractivity contribution in [3.8, 4) is 5.75 Å². The minimum Gasteiger partial charge on any atom is -0.491 e. The van der Waals surface area contributed by atoms with E-state index < -0.39 is 17.7 Å². The predicted molar refractivity (Wildman–Crippen MR) is 66.2 cm³/mol. The van der Waals surface area contributed by atoms with Crippen LogP contribution in [0.1, 0.15) is 5.76 Å². The van der Waals surface area contributed by atoms with E-state index in [4.69, 9.17) is 13.9 Å². The minimum atomic E-state index is -0.906. The van der Waals surface area contributed by atoms with E-state index in [1.165, 1.54) is 6.26 Å². The van der Waals surface area contributed by atoms with Crippen molar-refractivity contribution in [2.45, 2.75) is 12.7 Å². The Balaban J connectivity index is 1.70. The molecule has 1 unspecified atom stereocenters. The van der Waals surface area contributed by atoms with Gasteiger partial charge in [-0.1, -0.05) is 0 Å². The fourth-order valence-corrected chi connectivity index (χ4v) is 1.54. The van der Waals surface area contributed by atoms with Crippen molar-refractivity contribution >= 4 is 0 Å². The third kappa shape index (κ3) is 4.64. The summed E-state index contributed by atoms with van der Waals surface area (Å²) in [5.41, 5.74) is 0. The van der Waals surface area contributed by atoms with Crippen molar-refractivity contribution in [3.05, 3.63) is 54.0 Å². The van der Waals surface area contributed by atoms with Gasteiger partial charge in [-0.2, -0.15) is 0 Å². The van der Waals surface area contributed by atoms with Crippen LogP contribution >= 0.6 is 0 Å². The molecule has 0 saturated carbocycles. The highest BCUT2D eigenvalue weighted by Gasteiger charge is 2.08. The van der Waals surface area contributed by atoms with Gasteiger partial charge in [-0.15, -0.1) is 0 Å². The molecule has 4 nitrogen and oxygen atoms in total. The largest absolute Gasteiger partial charge is 0.491 e. The Morgan fingerprint density at radius 2 is 1.90 bits per heavy atom. The summed E-state index contributed by atoms with van der Waals surface area (Å²) < 4.78 is 41.1. The summed E-state index contributed by atoms with van der Waals surface area (Å²) >= 11 is 0. The van der Waals surface area contributed by atoms with Crippen molar-refractivity contribution in [1.82, 2.24) is 0 Å². The molecule has 0 radical (unpaired) electrons. The van der Waals surface area contributed by atoms with Gasteiger partial charge in [-0.3, -0.25) is 0 Å². The Morgan fingerprint density at radius 1 is 1.15 bits per heavy atom. The van der Waals surface area contributed by atoms with Crippen LogP contribution in [0.2, 0.25) is 0 Å². The molecule has 0 fully saturated rings. The van der Waals surface area contributed by atoms with Gasteiger partial charge in [0.05, 0.1) is 12.9 Å². The maximum Gasteiger partial charge on any atom is 0.129 e. The monoisotopic (exact) mass is 284 g/mol. The Kier molecular flexibility index (Phi) is 5.09. The summed E-state index contributed by atoms with van der Waals surface area (Å²) in [6.07, 6.45) is 0.618. The number of hydrogen-bond acceptors (Lipinski definition) is 4. The van der Waals surface area contributed by atoms with E-state index in [0.717, 1.165) is 18.2 Å². The van der Waals surface area contributed by atoms with Gasteiger partial charge in [0.1, 0.15) is 42.5 Å². The van der Waals surface area contributed by atoms with E-state index in [-0.39, 0.29) is 25.6 Å². The van der Waals surface area contributed by atoms with Crippen LogP contribution in [0.4, 0.5) is 8.78 Å². The Hall–Kier alpha value is -1.92. The summed E-state index contributed by atoms with van der Waals surface area (Å²) in [6, 6.07) is 6.31. The summed E-state index contributed by atoms with van der Waals surface area (Å²) in [4.78, 5) is 0. The van der Waals surface area contributed by atoms with Crippen LogP contribution in [0.5, 0.6) is 5.75 Å². The van der Waals surface area contributed by atoms with Gasteiger partial charge in [0.2, 0.25) is 0 Å². The molecule has 2 rings (SSSR count). The van der Waals surface area contributed by atoms with E-state index in [1.807, 2.05) is 0 Å². The Bertz CT molecular complexity index is 508. The second kappa shape index (κ2) is 7.02. The number of aliphatic hydroxyl groups is 1. The number of halogens is 2. The smallest absolute Gasteiger partial charge is 0.129 e. The molecule has 1 aromatic heterocycles. The zero-order chi connectivity index (χ0) is 14.4. The SMILES string of the molecule is OC(COCc1ccco1)COc1cc(F)cc(F)c1. The maximum atomic E-state index is 12.9. The van der Waals surface area contributed by atoms with Crippen LogP contribution in [-0.2, 0) is 11.3 Å². The molecule has 2 aromatic rings. The molecule has 0 aliphatic heterocycles. The molecule has 20 heavy (non-hydrogen) atoms. The van der Waals surface area contributed by atoms with Gasteiger partial charge in [-0.25, -0.2) is 8.78 Å². The molecule has 1 heterocycles. The van der Waals surface area contributed by atoms with Gasteiger partial charge in [-0.05, 0) is 12.1 Å². The maximum absolute atomic E-state index is 12.9. The highest BCUT2D eigenvalue weighted by atomic mass is 19.1. The van der Waals surface area contributed by atoms with E-state index in [9.17, 15) is 13.9 Å².